The lowest BCUT2D eigenvalue weighted by atomic mass is 10.1. The van der Waals surface area contributed by atoms with Crippen molar-refractivity contribution < 1.29 is 13.2 Å². The number of methoxy groups -OCH3 is 1. The summed E-state index contributed by atoms with van der Waals surface area (Å²) in [5.41, 5.74) is 0.847. The summed E-state index contributed by atoms with van der Waals surface area (Å²) in [6, 6.07) is 7.14. The lowest BCUT2D eigenvalue weighted by Gasteiger charge is -2.26. The molecule has 1 rings (SSSR count). The first kappa shape index (κ1) is 17.3. The van der Waals surface area contributed by atoms with Crippen molar-refractivity contribution in [3.63, 3.8) is 0 Å². The molecule has 0 bridgehead atoms. The van der Waals surface area contributed by atoms with Crippen LogP contribution in [0.15, 0.2) is 24.3 Å². The van der Waals surface area contributed by atoms with Crippen LogP contribution in [0.5, 0.6) is 5.75 Å². The summed E-state index contributed by atoms with van der Waals surface area (Å²) in [4.78, 5) is 0. The van der Waals surface area contributed by atoms with Crippen molar-refractivity contribution in [3.05, 3.63) is 29.8 Å². The maximum atomic E-state index is 12.3. The Bertz CT molecular complexity index is 533. The Kier molecular flexibility index (Phi) is 6.30. The average Bonchev–Trinajstić information content (AvgIpc) is 2.44. The van der Waals surface area contributed by atoms with Crippen LogP contribution in [-0.2, 0) is 10.0 Å². The molecule has 0 radical (unpaired) electrons. The minimum Gasteiger partial charge on any atom is -0.496 e. The topological polar surface area (TPSA) is 46.6 Å². The van der Waals surface area contributed by atoms with Crippen LogP contribution in [0.2, 0.25) is 0 Å². The summed E-state index contributed by atoms with van der Waals surface area (Å²) >= 11 is 5.70. The summed E-state index contributed by atoms with van der Waals surface area (Å²) < 4.78 is 31.4. The smallest absolute Gasteiger partial charge is 0.214 e. The summed E-state index contributed by atoms with van der Waals surface area (Å²) in [7, 11) is -0.181. The number of sulfonamides is 1. The zero-order valence-corrected chi connectivity index (χ0v) is 13.9. The molecule has 2 unspecified atom stereocenters. The molecule has 0 aromatic heterocycles. The van der Waals surface area contributed by atoms with E-state index in [0.29, 0.717) is 11.6 Å². The van der Waals surface area contributed by atoms with Crippen molar-refractivity contribution in [1.29, 1.82) is 0 Å². The molecule has 1 aromatic carbocycles. The highest BCUT2D eigenvalue weighted by Crippen LogP contribution is 2.30. The van der Waals surface area contributed by atoms with Gasteiger partial charge in [0.1, 0.15) is 5.75 Å². The monoisotopic (exact) mass is 319 g/mol. The van der Waals surface area contributed by atoms with Gasteiger partial charge in [0.2, 0.25) is 10.0 Å². The Morgan fingerprint density at radius 2 is 1.90 bits per heavy atom. The van der Waals surface area contributed by atoms with Gasteiger partial charge in [-0.05, 0) is 18.9 Å². The van der Waals surface area contributed by atoms with E-state index in [9.17, 15) is 8.42 Å². The van der Waals surface area contributed by atoms with Crippen molar-refractivity contribution in [2.75, 3.05) is 25.8 Å². The quantitative estimate of drug-likeness (QED) is 0.726. The van der Waals surface area contributed by atoms with Crippen LogP contribution in [0.4, 0.5) is 0 Å². The first-order valence-corrected chi connectivity index (χ1v) is 8.62. The zero-order chi connectivity index (χ0) is 15.3. The van der Waals surface area contributed by atoms with E-state index in [4.69, 9.17) is 16.3 Å². The highest BCUT2D eigenvalue weighted by atomic mass is 35.5. The molecule has 0 aliphatic heterocycles. The van der Waals surface area contributed by atoms with Gasteiger partial charge in [0, 0.05) is 18.5 Å². The predicted octanol–water partition coefficient (Wildman–Crippen LogP) is 2.89. The molecule has 0 aliphatic rings. The highest BCUT2D eigenvalue weighted by molar-refractivity contribution is 7.89. The van der Waals surface area contributed by atoms with Crippen molar-refractivity contribution in [2.45, 2.75) is 19.9 Å². The van der Waals surface area contributed by atoms with E-state index in [1.807, 2.05) is 38.1 Å². The lowest BCUT2D eigenvalue weighted by molar-refractivity contribution is 0.365. The second-order valence-electron chi connectivity index (χ2n) is 4.97. The van der Waals surface area contributed by atoms with Gasteiger partial charge in [-0.2, -0.15) is 4.31 Å². The number of benzene rings is 1. The fraction of sp³-hybridized carbons (Fsp3) is 0.571. The van der Waals surface area contributed by atoms with Crippen LogP contribution in [0.1, 0.15) is 25.5 Å². The van der Waals surface area contributed by atoms with Gasteiger partial charge in [-0.1, -0.05) is 25.1 Å². The van der Waals surface area contributed by atoms with Gasteiger partial charge < -0.3 is 4.74 Å². The third kappa shape index (κ3) is 4.11. The van der Waals surface area contributed by atoms with Crippen molar-refractivity contribution >= 4 is 21.6 Å². The summed E-state index contributed by atoms with van der Waals surface area (Å²) in [6.07, 6.45) is 0. The van der Waals surface area contributed by atoms with E-state index >= 15 is 0 Å². The Hall–Kier alpha value is -0.780. The second-order valence-corrected chi connectivity index (χ2v) is 7.35. The number of halogens is 1. The van der Waals surface area contributed by atoms with Crippen LogP contribution in [0, 0.1) is 5.92 Å². The number of nitrogens with zero attached hydrogens (tertiary/aromatic N) is 1. The molecule has 20 heavy (non-hydrogen) atoms. The molecule has 0 saturated heterocycles. The molecule has 0 saturated carbocycles. The van der Waals surface area contributed by atoms with Gasteiger partial charge in [-0.3, -0.25) is 0 Å². The number of alkyl halides is 1. The molecular formula is C14H22ClNO3S. The third-order valence-corrected chi connectivity index (χ3v) is 6.04. The lowest BCUT2D eigenvalue weighted by Crippen LogP contribution is -2.34. The van der Waals surface area contributed by atoms with E-state index < -0.39 is 10.0 Å². The fourth-order valence-corrected chi connectivity index (χ4v) is 3.88. The van der Waals surface area contributed by atoms with E-state index in [0.717, 1.165) is 5.56 Å². The maximum absolute atomic E-state index is 12.3. The Morgan fingerprint density at radius 3 is 2.45 bits per heavy atom. The van der Waals surface area contributed by atoms with E-state index in [1.54, 1.807) is 14.2 Å². The molecule has 114 valence electrons. The van der Waals surface area contributed by atoms with Crippen molar-refractivity contribution in [1.82, 2.24) is 4.31 Å². The second kappa shape index (κ2) is 7.29. The summed E-state index contributed by atoms with van der Waals surface area (Å²) in [6.45, 7) is 3.67. The molecule has 0 amide bonds. The largest absolute Gasteiger partial charge is 0.496 e. The minimum atomic E-state index is -3.35. The van der Waals surface area contributed by atoms with Crippen LogP contribution in [0.25, 0.3) is 0 Å². The number of hydrogen-bond donors (Lipinski definition) is 0. The minimum absolute atomic E-state index is 0.0481. The van der Waals surface area contributed by atoms with Gasteiger partial charge in [-0.25, -0.2) is 8.42 Å². The van der Waals surface area contributed by atoms with Crippen LogP contribution < -0.4 is 4.74 Å². The average molecular weight is 320 g/mol. The van der Waals surface area contributed by atoms with Gasteiger partial charge >= 0.3 is 0 Å². The maximum Gasteiger partial charge on any atom is 0.214 e. The molecule has 0 fully saturated rings. The highest BCUT2D eigenvalue weighted by Gasteiger charge is 2.27. The van der Waals surface area contributed by atoms with E-state index in [2.05, 4.69) is 0 Å². The van der Waals surface area contributed by atoms with Crippen LogP contribution >= 0.6 is 11.6 Å². The van der Waals surface area contributed by atoms with Crippen molar-refractivity contribution in [2.24, 2.45) is 5.92 Å². The Balaban J connectivity index is 2.99. The number of rotatable bonds is 7. The van der Waals surface area contributed by atoms with E-state index in [1.165, 1.54) is 4.31 Å². The molecule has 0 aliphatic carbocycles. The Morgan fingerprint density at radius 1 is 1.30 bits per heavy atom. The van der Waals surface area contributed by atoms with Crippen LogP contribution in [-0.4, -0.2) is 38.5 Å². The molecule has 1 aromatic rings. The predicted molar refractivity (Wildman–Crippen MR) is 82.8 cm³/mol. The number of ether oxygens (including phenoxy) is 1. The molecule has 4 nitrogen and oxygen atoms in total. The van der Waals surface area contributed by atoms with Crippen molar-refractivity contribution in [3.8, 4) is 5.75 Å². The fourth-order valence-electron chi connectivity index (χ4n) is 1.97. The number of para-hydroxylation sites is 1. The van der Waals surface area contributed by atoms with Crippen LogP contribution in [0.3, 0.4) is 0 Å². The Labute approximate surface area is 126 Å². The molecular weight excluding hydrogens is 298 g/mol. The van der Waals surface area contributed by atoms with Gasteiger partial charge in [0.25, 0.3) is 0 Å². The SMILES string of the molecule is COc1ccccc1C(C)N(C)S(=O)(=O)CC(C)CCl. The van der Waals surface area contributed by atoms with Gasteiger partial charge in [0.05, 0.1) is 18.9 Å². The molecule has 6 heteroatoms. The van der Waals surface area contributed by atoms with Gasteiger partial charge in [-0.15, -0.1) is 11.6 Å². The molecule has 0 N–H and O–H groups in total. The molecule has 0 spiro atoms. The normalized spacial score (nSPS) is 15.1. The third-order valence-electron chi connectivity index (χ3n) is 3.33. The number of hydrogen-bond acceptors (Lipinski definition) is 3. The van der Waals surface area contributed by atoms with Gasteiger partial charge in [0.15, 0.2) is 0 Å². The first-order valence-electron chi connectivity index (χ1n) is 6.48. The summed E-state index contributed by atoms with van der Waals surface area (Å²) in [5, 5.41) is 0. The summed E-state index contributed by atoms with van der Waals surface area (Å²) in [5.74, 6) is 0.990. The van der Waals surface area contributed by atoms with E-state index in [-0.39, 0.29) is 17.7 Å². The standard InChI is InChI=1S/C14H22ClNO3S/c1-11(9-15)10-20(17,18)16(3)12(2)13-7-5-6-8-14(13)19-4/h5-8,11-12H,9-10H2,1-4H3. The molecule has 0 heterocycles. The molecule has 2 atom stereocenters. The first-order chi connectivity index (χ1) is 9.33. The zero-order valence-electron chi connectivity index (χ0n) is 12.3.